The number of rotatable bonds is 5. The summed E-state index contributed by atoms with van der Waals surface area (Å²) in [5.74, 6) is 1.56. The van der Waals surface area contributed by atoms with Gasteiger partial charge in [0.15, 0.2) is 0 Å². The normalized spacial score (nSPS) is 11.1. The molecule has 0 aliphatic rings. The molecule has 30 heavy (non-hydrogen) atoms. The lowest BCUT2D eigenvalue weighted by Crippen LogP contribution is -1.95. The van der Waals surface area contributed by atoms with E-state index in [4.69, 9.17) is 32.5 Å². The quantitative estimate of drug-likeness (QED) is 0.330. The Hall–Kier alpha value is -3.28. The van der Waals surface area contributed by atoms with Crippen molar-refractivity contribution in [3.63, 3.8) is 0 Å². The topological polar surface area (TPSA) is 63.9 Å². The van der Waals surface area contributed by atoms with Gasteiger partial charge in [0, 0.05) is 16.0 Å². The van der Waals surface area contributed by atoms with E-state index in [9.17, 15) is 0 Å². The van der Waals surface area contributed by atoms with E-state index >= 15 is 0 Å². The Morgan fingerprint density at radius 3 is 2.53 bits per heavy atom. The molecule has 5 nitrogen and oxygen atoms in total. The van der Waals surface area contributed by atoms with E-state index in [1.807, 2.05) is 54.6 Å². The highest BCUT2D eigenvalue weighted by Crippen LogP contribution is 2.35. The zero-order chi connectivity index (χ0) is 20.5. The number of H-pyrrole nitrogens is 1. The fraction of sp³-hybridized carbons (Fsp3) is 0.0435. The fourth-order valence-electron chi connectivity index (χ4n) is 3.18. The van der Waals surface area contributed by atoms with Crippen molar-refractivity contribution in [2.75, 3.05) is 0 Å². The van der Waals surface area contributed by atoms with Crippen LogP contribution in [0.3, 0.4) is 0 Å². The fourth-order valence-corrected chi connectivity index (χ4v) is 3.52. The van der Waals surface area contributed by atoms with E-state index in [1.54, 1.807) is 18.2 Å². The Labute approximate surface area is 182 Å². The monoisotopic (exact) mass is 435 g/mol. The number of fused-ring (bicyclic) bond motifs is 1. The molecule has 0 radical (unpaired) electrons. The van der Waals surface area contributed by atoms with Crippen LogP contribution in [0.1, 0.15) is 5.56 Å². The van der Waals surface area contributed by atoms with E-state index in [0.717, 1.165) is 27.8 Å². The molecule has 0 fully saturated rings. The van der Waals surface area contributed by atoms with Crippen molar-refractivity contribution in [3.8, 4) is 28.7 Å². The molecule has 7 heteroatoms. The van der Waals surface area contributed by atoms with E-state index in [-0.39, 0.29) is 0 Å². The molecule has 2 heterocycles. The predicted molar refractivity (Wildman–Crippen MR) is 118 cm³/mol. The van der Waals surface area contributed by atoms with Gasteiger partial charge in [-0.3, -0.25) is 0 Å². The van der Waals surface area contributed by atoms with Crippen LogP contribution in [0.5, 0.6) is 5.75 Å². The molecule has 5 rings (SSSR count). The number of hydrogen-bond acceptors (Lipinski definition) is 4. The second-order valence-corrected chi connectivity index (χ2v) is 7.57. The van der Waals surface area contributed by atoms with Crippen LogP contribution < -0.4 is 4.74 Å². The van der Waals surface area contributed by atoms with Crippen LogP contribution in [-0.2, 0) is 6.61 Å². The Bertz CT molecular complexity index is 1310. The van der Waals surface area contributed by atoms with Crippen molar-refractivity contribution < 1.29 is 9.26 Å². The predicted octanol–water partition coefficient (Wildman–Crippen LogP) is 6.77. The number of ether oxygens (including phenoxy) is 1. The number of nitrogens with zero attached hydrogens (tertiary/aromatic N) is 2. The lowest BCUT2D eigenvalue weighted by Gasteiger charge is -2.08. The standard InChI is InChI=1S/C23H15Cl2N3O2/c24-16-8-6-15(7-9-16)22-27-23(30-28-22)19-12-17-20(11-10-18(25)21(17)26-19)29-13-14-4-2-1-3-5-14/h1-12,26H,13H2. The van der Waals surface area contributed by atoms with Crippen molar-refractivity contribution in [3.05, 3.63) is 88.4 Å². The first kappa shape index (κ1) is 18.7. The minimum Gasteiger partial charge on any atom is -0.488 e. The first-order valence-corrected chi connectivity index (χ1v) is 10.0. The average Bonchev–Trinajstić information content (AvgIpc) is 3.43. The first-order valence-electron chi connectivity index (χ1n) is 9.25. The summed E-state index contributed by atoms with van der Waals surface area (Å²) < 4.78 is 11.5. The lowest BCUT2D eigenvalue weighted by atomic mass is 10.2. The number of hydrogen-bond donors (Lipinski definition) is 1. The minimum absolute atomic E-state index is 0.362. The van der Waals surface area contributed by atoms with Gasteiger partial charge in [-0.25, -0.2) is 0 Å². The number of aromatic nitrogens is 3. The summed E-state index contributed by atoms with van der Waals surface area (Å²) in [6.07, 6.45) is 0. The van der Waals surface area contributed by atoms with Crippen LogP contribution in [0, 0.1) is 0 Å². The Morgan fingerprint density at radius 1 is 0.933 bits per heavy atom. The van der Waals surface area contributed by atoms with Gasteiger partial charge >= 0.3 is 0 Å². The van der Waals surface area contributed by atoms with Crippen molar-refractivity contribution in [2.45, 2.75) is 6.61 Å². The minimum atomic E-state index is 0.362. The summed E-state index contributed by atoms with van der Waals surface area (Å²) in [5, 5.41) is 6.15. The van der Waals surface area contributed by atoms with Gasteiger partial charge < -0.3 is 14.2 Å². The Morgan fingerprint density at radius 2 is 1.73 bits per heavy atom. The van der Waals surface area contributed by atoms with Gasteiger partial charge in [-0.1, -0.05) is 58.7 Å². The largest absolute Gasteiger partial charge is 0.488 e. The van der Waals surface area contributed by atoms with Crippen LogP contribution in [0.25, 0.3) is 33.9 Å². The van der Waals surface area contributed by atoms with E-state index in [2.05, 4.69) is 15.1 Å². The summed E-state index contributed by atoms with van der Waals surface area (Å²) in [6, 6.07) is 22.8. The molecular weight excluding hydrogens is 421 g/mol. The third-order valence-corrected chi connectivity index (χ3v) is 5.27. The molecule has 0 atom stereocenters. The molecule has 0 saturated carbocycles. The zero-order valence-electron chi connectivity index (χ0n) is 15.6. The van der Waals surface area contributed by atoms with Gasteiger partial charge in [-0.15, -0.1) is 0 Å². The highest BCUT2D eigenvalue weighted by Gasteiger charge is 2.16. The number of nitrogens with one attached hydrogen (secondary N) is 1. The van der Waals surface area contributed by atoms with Crippen molar-refractivity contribution in [1.29, 1.82) is 0 Å². The molecule has 5 aromatic rings. The summed E-state index contributed by atoms with van der Waals surface area (Å²) in [6.45, 7) is 0.458. The van der Waals surface area contributed by atoms with Crippen LogP contribution in [0.15, 0.2) is 77.3 Å². The maximum atomic E-state index is 6.40. The number of halogens is 2. The van der Waals surface area contributed by atoms with Gasteiger partial charge in [0.25, 0.3) is 5.89 Å². The number of aromatic amines is 1. The molecule has 0 aliphatic heterocycles. The highest BCUT2D eigenvalue weighted by atomic mass is 35.5. The van der Waals surface area contributed by atoms with Crippen LogP contribution in [-0.4, -0.2) is 15.1 Å². The molecular formula is C23H15Cl2N3O2. The summed E-state index contributed by atoms with van der Waals surface area (Å²) in [7, 11) is 0. The van der Waals surface area contributed by atoms with E-state index in [1.165, 1.54) is 0 Å². The molecule has 0 aliphatic carbocycles. The average molecular weight is 436 g/mol. The van der Waals surface area contributed by atoms with E-state index in [0.29, 0.717) is 34.1 Å². The maximum absolute atomic E-state index is 6.40. The van der Waals surface area contributed by atoms with Crippen molar-refractivity contribution in [1.82, 2.24) is 15.1 Å². The van der Waals surface area contributed by atoms with Crippen molar-refractivity contribution in [2.24, 2.45) is 0 Å². The van der Waals surface area contributed by atoms with Gasteiger partial charge in [-0.2, -0.15) is 4.98 Å². The molecule has 148 valence electrons. The number of benzene rings is 3. The first-order chi connectivity index (χ1) is 14.7. The Balaban J connectivity index is 1.47. The van der Waals surface area contributed by atoms with Gasteiger partial charge in [0.05, 0.1) is 10.5 Å². The molecule has 0 amide bonds. The van der Waals surface area contributed by atoms with Gasteiger partial charge in [-0.05, 0) is 48.0 Å². The van der Waals surface area contributed by atoms with Crippen LogP contribution in [0.4, 0.5) is 0 Å². The van der Waals surface area contributed by atoms with E-state index < -0.39 is 0 Å². The summed E-state index contributed by atoms with van der Waals surface area (Å²) in [4.78, 5) is 7.76. The molecule has 0 unspecified atom stereocenters. The van der Waals surface area contributed by atoms with Gasteiger partial charge in [0.2, 0.25) is 5.82 Å². The van der Waals surface area contributed by atoms with Crippen LogP contribution >= 0.6 is 23.2 Å². The Kier molecular flexibility index (Phi) is 4.91. The van der Waals surface area contributed by atoms with Crippen molar-refractivity contribution >= 4 is 34.1 Å². The molecule has 0 spiro atoms. The van der Waals surface area contributed by atoms with Crippen LogP contribution in [0.2, 0.25) is 10.0 Å². The SMILES string of the molecule is Clc1ccc(-c2noc(-c3cc4c(OCc5ccccc5)ccc(Cl)c4[nH]3)n2)cc1. The molecule has 3 aromatic carbocycles. The second kappa shape index (κ2) is 7.86. The maximum Gasteiger partial charge on any atom is 0.274 e. The smallest absolute Gasteiger partial charge is 0.274 e. The lowest BCUT2D eigenvalue weighted by molar-refractivity contribution is 0.310. The molecule has 2 aromatic heterocycles. The second-order valence-electron chi connectivity index (χ2n) is 6.72. The molecule has 1 N–H and O–H groups in total. The summed E-state index contributed by atoms with van der Waals surface area (Å²) >= 11 is 12.3. The summed E-state index contributed by atoms with van der Waals surface area (Å²) in [5.41, 5.74) is 3.31. The third-order valence-electron chi connectivity index (χ3n) is 4.70. The third kappa shape index (κ3) is 3.65. The highest BCUT2D eigenvalue weighted by molar-refractivity contribution is 6.35. The zero-order valence-corrected chi connectivity index (χ0v) is 17.1. The van der Waals surface area contributed by atoms with Gasteiger partial charge in [0.1, 0.15) is 18.1 Å². The molecule has 0 bridgehead atoms. The molecule has 0 saturated heterocycles.